The number of hydrogen-bond acceptors (Lipinski definition) is 4. The number of alkyl halides is 1. The third-order valence-corrected chi connectivity index (χ3v) is 4.05. The molecule has 2 fully saturated rings. The topological polar surface area (TPSA) is 46.8 Å². The fourth-order valence-corrected chi connectivity index (χ4v) is 2.82. The van der Waals surface area contributed by atoms with E-state index >= 15 is 0 Å². The summed E-state index contributed by atoms with van der Waals surface area (Å²) in [5.74, 6) is 0. The number of nitrogens with zero attached hydrogens (tertiary/aromatic N) is 5. The molecular weight excluding hydrogens is 257 g/mol. The summed E-state index contributed by atoms with van der Waals surface area (Å²) in [5, 5.41) is 8.09. The molecular formula is C14H16FN5. The van der Waals surface area contributed by atoms with Crippen LogP contribution in [0.4, 0.5) is 4.39 Å². The second kappa shape index (κ2) is 4.34. The molecule has 0 unspecified atom stereocenters. The predicted octanol–water partition coefficient (Wildman–Crippen LogP) is 1.69. The maximum Gasteiger partial charge on any atom is 0.162 e. The molecule has 1 aliphatic heterocycles. The SMILES string of the molecule is FC1(c2cccnc2)CN(Cc2cnnn2C2CC2)C1. The van der Waals surface area contributed by atoms with Crippen LogP contribution < -0.4 is 0 Å². The Morgan fingerprint density at radius 1 is 1.30 bits per heavy atom. The Bertz CT molecular complexity index is 601. The highest BCUT2D eigenvalue weighted by molar-refractivity contribution is 5.23. The molecule has 104 valence electrons. The highest BCUT2D eigenvalue weighted by Gasteiger charge is 2.45. The van der Waals surface area contributed by atoms with Crippen LogP contribution in [0.3, 0.4) is 0 Å². The summed E-state index contributed by atoms with van der Waals surface area (Å²) < 4.78 is 16.7. The Balaban J connectivity index is 1.42. The Morgan fingerprint density at radius 3 is 2.85 bits per heavy atom. The molecule has 0 aromatic carbocycles. The highest BCUT2D eigenvalue weighted by Crippen LogP contribution is 2.38. The zero-order chi connectivity index (χ0) is 13.6. The van der Waals surface area contributed by atoms with E-state index in [2.05, 4.69) is 20.2 Å². The fourth-order valence-electron chi connectivity index (χ4n) is 2.82. The number of rotatable bonds is 4. The van der Waals surface area contributed by atoms with Crippen molar-refractivity contribution in [3.63, 3.8) is 0 Å². The van der Waals surface area contributed by atoms with Gasteiger partial charge in [-0.2, -0.15) is 0 Å². The van der Waals surface area contributed by atoms with Crippen LogP contribution in [-0.4, -0.2) is 38.0 Å². The molecule has 1 saturated heterocycles. The standard InChI is InChI=1S/C14H16FN5/c15-14(11-2-1-5-16-6-11)9-19(10-14)8-13-7-17-18-20(13)12-3-4-12/h1-2,5-7,12H,3-4,8-10H2. The highest BCUT2D eigenvalue weighted by atomic mass is 19.1. The van der Waals surface area contributed by atoms with E-state index in [1.54, 1.807) is 30.7 Å². The minimum Gasteiger partial charge on any atom is -0.290 e. The van der Waals surface area contributed by atoms with Crippen molar-refractivity contribution < 1.29 is 4.39 Å². The smallest absolute Gasteiger partial charge is 0.162 e. The van der Waals surface area contributed by atoms with Gasteiger partial charge in [-0.3, -0.25) is 9.88 Å². The molecule has 2 aromatic heterocycles. The van der Waals surface area contributed by atoms with Crippen LogP contribution in [0, 0.1) is 0 Å². The molecule has 0 atom stereocenters. The van der Waals surface area contributed by atoms with E-state index in [0.717, 1.165) is 12.2 Å². The van der Waals surface area contributed by atoms with Gasteiger partial charge in [-0.1, -0.05) is 11.3 Å². The van der Waals surface area contributed by atoms with Gasteiger partial charge in [-0.25, -0.2) is 9.07 Å². The van der Waals surface area contributed by atoms with Gasteiger partial charge >= 0.3 is 0 Å². The first kappa shape index (κ1) is 12.0. The van der Waals surface area contributed by atoms with Gasteiger partial charge in [-0.15, -0.1) is 5.10 Å². The van der Waals surface area contributed by atoms with E-state index in [1.807, 2.05) is 4.68 Å². The number of halogens is 1. The summed E-state index contributed by atoms with van der Waals surface area (Å²) in [6.45, 7) is 1.54. The summed E-state index contributed by atoms with van der Waals surface area (Å²) in [5.41, 5.74) is 0.498. The van der Waals surface area contributed by atoms with Gasteiger partial charge in [0.05, 0.1) is 17.9 Å². The summed E-state index contributed by atoms with van der Waals surface area (Å²) in [4.78, 5) is 6.08. The number of aromatic nitrogens is 4. The quantitative estimate of drug-likeness (QED) is 0.850. The second-order valence-electron chi connectivity index (χ2n) is 5.75. The largest absolute Gasteiger partial charge is 0.290 e. The van der Waals surface area contributed by atoms with Gasteiger partial charge < -0.3 is 0 Å². The molecule has 6 heteroatoms. The normalized spacial score (nSPS) is 21.6. The van der Waals surface area contributed by atoms with Crippen molar-refractivity contribution in [2.45, 2.75) is 31.1 Å². The van der Waals surface area contributed by atoms with Gasteiger partial charge in [0.1, 0.15) is 0 Å². The molecule has 5 nitrogen and oxygen atoms in total. The van der Waals surface area contributed by atoms with Crippen LogP contribution >= 0.6 is 0 Å². The lowest BCUT2D eigenvalue weighted by Gasteiger charge is -2.44. The van der Waals surface area contributed by atoms with Gasteiger partial charge in [0.15, 0.2) is 5.67 Å². The van der Waals surface area contributed by atoms with Crippen LogP contribution in [0.1, 0.15) is 30.1 Å². The zero-order valence-corrected chi connectivity index (χ0v) is 11.1. The molecule has 1 saturated carbocycles. The molecule has 0 bridgehead atoms. The van der Waals surface area contributed by atoms with Crippen LogP contribution in [0.25, 0.3) is 0 Å². The van der Waals surface area contributed by atoms with Crippen molar-refractivity contribution in [3.05, 3.63) is 42.0 Å². The minimum absolute atomic E-state index is 0.411. The van der Waals surface area contributed by atoms with Crippen molar-refractivity contribution in [3.8, 4) is 0 Å². The van der Waals surface area contributed by atoms with E-state index < -0.39 is 5.67 Å². The third-order valence-electron chi connectivity index (χ3n) is 4.05. The molecule has 0 N–H and O–H groups in total. The third kappa shape index (κ3) is 2.00. The first-order valence-corrected chi connectivity index (χ1v) is 6.95. The van der Waals surface area contributed by atoms with E-state index in [4.69, 9.17) is 0 Å². The van der Waals surface area contributed by atoms with Crippen molar-refractivity contribution in [1.29, 1.82) is 0 Å². The molecule has 2 aliphatic rings. The average Bonchev–Trinajstić information content (AvgIpc) is 3.18. The molecule has 3 heterocycles. The van der Waals surface area contributed by atoms with Crippen molar-refractivity contribution in [2.75, 3.05) is 13.1 Å². The second-order valence-corrected chi connectivity index (χ2v) is 5.75. The van der Waals surface area contributed by atoms with Crippen LogP contribution in [0.2, 0.25) is 0 Å². The molecule has 0 spiro atoms. The van der Waals surface area contributed by atoms with E-state index in [0.29, 0.717) is 24.7 Å². The number of likely N-dealkylation sites (tertiary alicyclic amines) is 1. The Hall–Kier alpha value is -1.82. The van der Waals surface area contributed by atoms with Gasteiger partial charge in [-0.05, 0) is 18.9 Å². The molecule has 0 amide bonds. The molecule has 4 rings (SSSR count). The van der Waals surface area contributed by atoms with Gasteiger partial charge in [0.25, 0.3) is 0 Å². The Kier molecular flexibility index (Phi) is 2.60. The van der Waals surface area contributed by atoms with Crippen LogP contribution in [0.5, 0.6) is 0 Å². The van der Waals surface area contributed by atoms with Crippen molar-refractivity contribution in [1.82, 2.24) is 24.9 Å². The average molecular weight is 273 g/mol. The maximum absolute atomic E-state index is 14.7. The van der Waals surface area contributed by atoms with Crippen LogP contribution in [-0.2, 0) is 12.2 Å². The molecule has 0 radical (unpaired) electrons. The van der Waals surface area contributed by atoms with Crippen molar-refractivity contribution >= 4 is 0 Å². The monoisotopic (exact) mass is 273 g/mol. The van der Waals surface area contributed by atoms with E-state index in [9.17, 15) is 4.39 Å². The van der Waals surface area contributed by atoms with Crippen LogP contribution in [0.15, 0.2) is 30.7 Å². The first-order chi connectivity index (χ1) is 9.74. The molecule has 20 heavy (non-hydrogen) atoms. The summed E-state index contributed by atoms with van der Waals surface area (Å²) in [6, 6.07) is 4.10. The van der Waals surface area contributed by atoms with E-state index in [1.165, 1.54) is 12.8 Å². The Labute approximate surface area is 116 Å². The van der Waals surface area contributed by atoms with Crippen molar-refractivity contribution in [2.24, 2.45) is 0 Å². The van der Waals surface area contributed by atoms with E-state index in [-0.39, 0.29) is 0 Å². The van der Waals surface area contributed by atoms with Gasteiger partial charge in [0, 0.05) is 37.6 Å². The zero-order valence-electron chi connectivity index (χ0n) is 11.1. The summed E-state index contributed by atoms with van der Waals surface area (Å²) >= 11 is 0. The predicted molar refractivity (Wildman–Crippen MR) is 70.6 cm³/mol. The number of hydrogen-bond donors (Lipinski definition) is 0. The Morgan fingerprint density at radius 2 is 2.15 bits per heavy atom. The lowest BCUT2D eigenvalue weighted by Crippen LogP contribution is -2.56. The molecule has 2 aromatic rings. The summed E-state index contributed by atoms with van der Waals surface area (Å²) in [6.07, 6.45) is 7.44. The lowest BCUT2D eigenvalue weighted by molar-refractivity contribution is -0.0432. The minimum atomic E-state index is -1.26. The number of pyridine rings is 1. The summed E-state index contributed by atoms with van der Waals surface area (Å²) in [7, 11) is 0. The maximum atomic E-state index is 14.7. The first-order valence-electron chi connectivity index (χ1n) is 6.95. The molecule has 1 aliphatic carbocycles. The lowest BCUT2D eigenvalue weighted by atomic mass is 9.89. The fraction of sp³-hybridized carbons (Fsp3) is 0.500. The van der Waals surface area contributed by atoms with Gasteiger partial charge in [0.2, 0.25) is 0 Å².